The van der Waals surface area contributed by atoms with Gasteiger partial charge in [0.1, 0.15) is 5.01 Å². The Kier molecular flexibility index (Phi) is 8.16. The molecule has 35 heavy (non-hydrogen) atoms. The van der Waals surface area contributed by atoms with Crippen molar-refractivity contribution in [2.45, 2.75) is 33.6 Å². The summed E-state index contributed by atoms with van der Waals surface area (Å²) in [6.45, 7) is 7.24. The molecule has 0 aliphatic heterocycles. The van der Waals surface area contributed by atoms with Crippen LogP contribution in [0.5, 0.6) is 11.5 Å². The summed E-state index contributed by atoms with van der Waals surface area (Å²) in [4.78, 5) is 18.9. The number of ether oxygens (including phenoxy) is 2. The van der Waals surface area contributed by atoms with Gasteiger partial charge < -0.3 is 14.8 Å². The molecule has 0 bridgehead atoms. The molecule has 0 aliphatic rings. The van der Waals surface area contributed by atoms with Crippen LogP contribution in [-0.2, 0) is 0 Å². The maximum Gasteiger partial charge on any atom is 0.255 e. The highest BCUT2D eigenvalue weighted by atomic mass is 32.1. The van der Waals surface area contributed by atoms with Gasteiger partial charge in [-0.1, -0.05) is 55.8 Å². The van der Waals surface area contributed by atoms with E-state index < -0.39 is 0 Å². The Morgan fingerprint density at radius 1 is 0.914 bits per heavy atom. The van der Waals surface area contributed by atoms with Crippen LogP contribution in [0.1, 0.15) is 41.9 Å². The van der Waals surface area contributed by atoms with Gasteiger partial charge in [0.15, 0.2) is 11.5 Å². The molecule has 3 aromatic carbocycles. The number of thiazole rings is 1. The van der Waals surface area contributed by atoms with Gasteiger partial charge in [-0.25, -0.2) is 4.98 Å². The number of nitrogens with one attached hydrogen (secondary N) is 1. The van der Waals surface area contributed by atoms with Gasteiger partial charge >= 0.3 is 0 Å². The number of amides is 1. The standard InChI is InChI=1S/C29H30N2O3S/c1-4-6-18-34-25-17-14-23(19-26(25)33-5-2)28(32)30-24-15-12-21(13-16-24)27-20(3)35-29(31-27)22-10-8-7-9-11-22/h7-17,19H,4-6,18H2,1-3H3,(H,30,32). The lowest BCUT2D eigenvalue weighted by Crippen LogP contribution is -2.12. The van der Waals surface area contributed by atoms with Gasteiger partial charge in [-0.05, 0) is 50.6 Å². The Bertz CT molecular complexity index is 1270. The fourth-order valence-corrected chi connectivity index (χ4v) is 4.59. The average Bonchev–Trinajstić information content (AvgIpc) is 3.27. The summed E-state index contributed by atoms with van der Waals surface area (Å²) in [5.74, 6) is 1.05. The zero-order chi connectivity index (χ0) is 24.6. The molecule has 1 amide bonds. The first-order valence-corrected chi connectivity index (χ1v) is 12.7. The monoisotopic (exact) mass is 486 g/mol. The highest BCUT2D eigenvalue weighted by Gasteiger charge is 2.14. The minimum atomic E-state index is -0.199. The van der Waals surface area contributed by atoms with Crippen LogP contribution < -0.4 is 14.8 Å². The van der Waals surface area contributed by atoms with E-state index in [2.05, 4.69) is 31.3 Å². The van der Waals surface area contributed by atoms with Crippen LogP contribution >= 0.6 is 11.3 Å². The van der Waals surface area contributed by atoms with Crippen LogP contribution in [0.25, 0.3) is 21.8 Å². The van der Waals surface area contributed by atoms with E-state index >= 15 is 0 Å². The van der Waals surface area contributed by atoms with E-state index in [0.29, 0.717) is 30.3 Å². The lowest BCUT2D eigenvalue weighted by molar-refractivity contribution is 0.102. The molecule has 5 nitrogen and oxygen atoms in total. The predicted octanol–water partition coefficient (Wildman–Crippen LogP) is 7.62. The molecule has 1 aromatic heterocycles. The van der Waals surface area contributed by atoms with E-state index in [9.17, 15) is 4.79 Å². The molecule has 0 fully saturated rings. The largest absolute Gasteiger partial charge is 0.490 e. The summed E-state index contributed by atoms with van der Waals surface area (Å²) < 4.78 is 11.5. The third-order valence-electron chi connectivity index (χ3n) is 5.49. The number of aromatic nitrogens is 1. The van der Waals surface area contributed by atoms with E-state index in [1.54, 1.807) is 29.5 Å². The van der Waals surface area contributed by atoms with Gasteiger partial charge in [-0.15, -0.1) is 11.3 Å². The van der Waals surface area contributed by atoms with E-state index in [1.165, 1.54) is 0 Å². The second-order valence-corrected chi connectivity index (χ2v) is 9.32. The van der Waals surface area contributed by atoms with Crippen LogP contribution in [0.2, 0.25) is 0 Å². The fraction of sp³-hybridized carbons (Fsp3) is 0.241. The first kappa shape index (κ1) is 24.5. The van der Waals surface area contributed by atoms with Crippen LogP contribution in [0.4, 0.5) is 5.69 Å². The van der Waals surface area contributed by atoms with Crippen LogP contribution in [0.15, 0.2) is 72.8 Å². The van der Waals surface area contributed by atoms with Gasteiger partial charge in [0, 0.05) is 27.3 Å². The molecule has 1 N–H and O–H groups in total. The maximum absolute atomic E-state index is 12.9. The summed E-state index contributed by atoms with van der Waals surface area (Å²) in [6, 6.07) is 23.3. The second kappa shape index (κ2) is 11.7. The zero-order valence-corrected chi connectivity index (χ0v) is 21.2. The van der Waals surface area contributed by atoms with Crippen LogP contribution in [0.3, 0.4) is 0 Å². The van der Waals surface area contributed by atoms with E-state index in [-0.39, 0.29) is 5.91 Å². The minimum absolute atomic E-state index is 0.199. The smallest absolute Gasteiger partial charge is 0.255 e. The third kappa shape index (κ3) is 6.08. The fourth-order valence-electron chi connectivity index (χ4n) is 3.65. The summed E-state index contributed by atoms with van der Waals surface area (Å²) in [5, 5.41) is 3.97. The molecule has 1 heterocycles. The Labute approximate surface area is 210 Å². The highest BCUT2D eigenvalue weighted by Crippen LogP contribution is 2.34. The van der Waals surface area contributed by atoms with E-state index in [0.717, 1.165) is 45.2 Å². The van der Waals surface area contributed by atoms with Crippen molar-refractivity contribution >= 4 is 22.9 Å². The van der Waals surface area contributed by atoms with Gasteiger partial charge in [0.25, 0.3) is 5.91 Å². The quantitative estimate of drug-likeness (QED) is 0.234. The van der Waals surface area contributed by atoms with Crippen molar-refractivity contribution in [2.24, 2.45) is 0 Å². The van der Waals surface area contributed by atoms with Gasteiger partial charge in [-0.2, -0.15) is 0 Å². The van der Waals surface area contributed by atoms with Crippen molar-refractivity contribution in [1.29, 1.82) is 0 Å². The molecule has 0 radical (unpaired) electrons. The number of anilines is 1. The molecule has 0 saturated heterocycles. The lowest BCUT2D eigenvalue weighted by atomic mass is 10.1. The Balaban J connectivity index is 1.47. The van der Waals surface area contributed by atoms with E-state index in [1.807, 2.05) is 49.4 Å². The summed E-state index contributed by atoms with van der Waals surface area (Å²) >= 11 is 1.68. The predicted molar refractivity (Wildman–Crippen MR) is 144 cm³/mol. The number of hydrogen-bond acceptors (Lipinski definition) is 5. The molecule has 0 spiro atoms. The van der Waals surface area contributed by atoms with Crippen molar-refractivity contribution in [2.75, 3.05) is 18.5 Å². The number of hydrogen-bond donors (Lipinski definition) is 1. The Hall–Kier alpha value is -3.64. The third-order valence-corrected chi connectivity index (χ3v) is 6.51. The SMILES string of the molecule is CCCCOc1ccc(C(=O)Nc2ccc(-c3nc(-c4ccccc4)sc3C)cc2)cc1OCC. The van der Waals surface area contributed by atoms with Gasteiger partial charge in [0.2, 0.25) is 0 Å². The van der Waals surface area contributed by atoms with Crippen molar-refractivity contribution < 1.29 is 14.3 Å². The zero-order valence-electron chi connectivity index (χ0n) is 20.3. The molecule has 0 unspecified atom stereocenters. The molecule has 6 heteroatoms. The van der Waals surface area contributed by atoms with Gasteiger partial charge in [-0.3, -0.25) is 4.79 Å². The molecule has 0 atom stereocenters. The molecule has 180 valence electrons. The number of rotatable bonds is 10. The van der Waals surface area contributed by atoms with Crippen LogP contribution in [-0.4, -0.2) is 24.1 Å². The number of carbonyl (C=O) groups is 1. The minimum Gasteiger partial charge on any atom is -0.490 e. The molecule has 0 aliphatic carbocycles. The molecule has 0 saturated carbocycles. The maximum atomic E-state index is 12.9. The number of benzene rings is 3. The number of carbonyl (C=O) groups excluding carboxylic acids is 1. The Morgan fingerprint density at radius 3 is 2.40 bits per heavy atom. The molecule has 4 rings (SSSR count). The molecule has 4 aromatic rings. The Morgan fingerprint density at radius 2 is 1.69 bits per heavy atom. The highest BCUT2D eigenvalue weighted by molar-refractivity contribution is 7.15. The van der Waals surface area contributed by atoms with Crippen molar-refractivity contribution in [1.82, 2.24) is 4.98 Å². The number of aryl methyl sites for hydroxylation is 1. The average molecular weight is 487 g/mol. The first-order valence-electron chi connectivity index (χ1n) is 11.9. The van der Waals surface area contributed by atoms with E-state index in [4.69, 9.17) is 14.5 Å². The number of unbranched alkanes of at least 4 members (excludes halogenated alkanes) is 1. The van der Waals surface area contributed by atoms with Crippen molar-refractivity contribution in [3.63, 3.8) is 0 Å². The van der Waals surface area contributed by atoms with Crippen molar-refractivity contribution in [3.8, 4) is 33.3 Å². The summed E-state index contributed by atoms with van der Waals surface area (Å²) in [5.41, 5.74) is 4.33. The summed E-state index contributed by atoms with van der Waals surface area (Å²) in [6.07, 6.45) is 2.03. The topological polar surface area (TPSA) is 60.5 Å². The summed E-state index contributed by atoms with van der Waals surface area (Å²) in [7, 11) is 0. The second-order valence-electron chi connectivity index (χ2n) is 8.12. The van der Waals surface area contributed by atoms with Gasteiger partial charge in [0.05, 0.1) is 18.9 Å². The number of nitrogens with zero attached hydrogens (tertiary/aromatic N) is 1. The normalized spacial score (nSPS) is 10.7. The first-order chi connectivity index (χ1) is 17.1. The molecular formula is C29H30N2O3S. The van der Waals surface area contributed by atoms with Crippen LogP contribution in [0, 0.1) is 6.92 Å². The van der Waals surface area contributed by atoms with Crippen molar-refractivity contribution in [3.05, 3.63) is 83.2 Å². The molecular weight excluding hydrogens is 456 g/mol. The lowest BCUT2D eigenvalue weighted by Gasteiger charge is -2.13.